The quantitative estimate of drug-likeness (QED) is 0.762. The van der Waals surface area contributed by atoms with Gasteiger partial charge in [-0.25, -0.2) is 9.59 Å². The van der Waals surface area contributed by atoms with E-state index in [-0.39, 0.29) is 5.92 Å². The van der Waals surface area contributed by atoms with Gasteiger partial charge in [0.25, 0.3) is 0 Å². The van der Waals surface area contributed by atoms with Crippen LogP contribution in [0.3, 0.4) is 0 Å². The lowest BCUT2D eigenvalue weighted by atomic mass is 9.94. The van der Waals surface area contributed by atoms with Crippen molar-refractivity contribution in [3.05, 3.63) is 41.8 Å². The first kappa shape index (κ1) is 17.4. The van der Waals surface area contributed by atoms with Crippen molar-refractivity contribution in [3.63, 3.8) is 0 Å². The Morgan fingerprint density at radius 1 is 1.28 bits per heavy atom. The van der Waals surface area contributed by atoms with Crippen LogP contribution in [-0.2, 0) is 9.53 Å². The SMILES string of the molecule is O=C(Nc1cccc(-c2cccs2)c1)N[C@H](C(=O)O)[C@@H]1CCCOC1. The van der Waals surface area contributed by atoms with Crippen LogP contribution in [0.4, 0.5) is 10.5 Å². The van der Waals surface area contributed by atoms with Gasteiger partial charge in [-0.2, -0.15) is 0 Å². The summed E-state index contributed by atoms with van der Waals surface area (Å²) in [5, 5.41) is 16.7. The second-order valence-corrected chi connectivity index (χ2v) is 6.90. The number of amides is 2. The number of urea groups is 1. The number of anilines is 1. The first-order chi connectivity index (χ1) is 12.1. The number of ether oxygens (including phenoxy) is 1. The molecule has 3 N–H and O–H groups in total. The highest BCUT2D eigenvalue weighted by molar-refractivity contribution is 7.13. The van der Waals surface area contributed by atoms with Gasteiger partial charge < -0.3 is 20.5 Å². The maximum Gasteiger partial charge on any atom is 0.326 e. The lowest BCUT2D eigenvalue weighted by molar-refractivity contribution is -0.142. The van der Waals surface area contributed by atoms with Crippen LogP contribution < -0.4 is 10.6 Å². The summed E-state index contributed by atoms with van der Waals surface area (Å²) in [4.78, 5) is 24.8. The summed E-state index contributed by atoms with van der Waals surface area (Å²) in [5.74, 6) is -1.26. The first-order valence-corrected chi connectivity index (χ1v) is 9.03. The van der Waals surface area contributed by atoms with Crippen LogP contribution in [-0.4, -0.2) is 36.4 Å². The van der Waals surface area contributed by atoms with Crippen molar-refractivity contribution in [1.29, 1.82) is 0 Å². The van der Waals surface area contributed by atoms with Gasteiger partial charge in [0.05, 0.1) is 6.61 Å². The van der Waals surface area contributed by atoms with E-state index in [0.29, 0.717) is 18.9 Å². The molecule has 0 aliphatic carbocycles. The predicted octanol–water partition coefficient (Wildman–Crippen LogP) is 3.42. The molecule has 0 bridgehead atoms. The molecule has 2 atom stereocenters. The van der Waals surface area contributed by atoms with E-state index in [1.165, 1.54) is 0 Å². The number of hydrogen-bond acceptors (Lipinski definition) is 4. The topological polar surface area (TPSA) is 87.7 Å². The fourth-order valence-electron chi connectivity index (χ4n) is 2.91. The zero-order valence-corrected chi connectivity index (χ0v) is 14.4. The Hall–Kier alpha value is -2.38. The van der Waals surface area contributed by atoms with Gasteiger partial charge in [-0.15, -0.1) is 11.3 Å². The van der Waals surface area contributed by atoms with Crippen molar-refractivity contribution in [2.45, 2.75) is 18.9 Å². The smallest absolute Gasteiger partial charge is 0.326 e. The molecule has 2 aromatic rings. The Labute approximate surface area is 149 Å². The lowest BCUT2D eigenvalue weighted by Gasteiger charge is -2.28. The van der Waals surface area contributed by atoms with E-state index in [0.717, 1.165) is 23.3 Å². The number of hydrogen-bond donors (Lipinski definition) is 3. The van der Waals surface area contributed by atoms with Gasteiger partial charge in [0.15, 0.2) is 0 Å². The van der Waals surface area contributed by atoms with Gasteiger partial charge in [-0.05, 0) is 42.0 Å². The first-order valence-electron chi connectivity index (χ1n) is 8.15. The van der Waals surface area contributed by atoms with E-state index >= 15 is 0 Å². The molecule has 0 unspecified atom stereocenters. The number of carbonyl (C=O) groups excluding carboxylic acids is 1. The second kappa shape index (κ2) is 8.13. The summed E-state index contributed by atoms with van der Waals surface area (Å²) in [5.41, 5.74) is 1.62. The van der Waals surface area contributed by atoms with Crippen LogP contribution in [0.25, 0.3) is 10.4 Å². The van der Waals surface area contributed by atoms with Gasteiger partial charge in [-0.3, -0.25) is 0 Å². The molecule has 132 valence electrons. The predicted molar refractivity (Wildman–Crippen MR) is 96.9 cm³/mol. The number of nitrogens with one attached hydrogen (secondary N) is 2. The molecule has 1 aromatic carbocycles. The molecule has 0 saturated carbocycles. The number of carboxylic acid groups (broad SMARTS) is 1. The normalized spacial score (nSPS) is 18.3. The summed E-state index contributed by atoms with van der Waals surface area (Å²) in [6.07, 6.45) is 1.53. The lowest BCUT2D eigenvalue weighted by Crippen LogP contribution is -2.49. The molecule has 0 radical (unpaired) electrons. The van der Waals surface area contributed by atoms with Gasteiger partial charge >= 0.3 is 12.0 Å². The van der Waals surface area contributed by atoms with Gasteiger partial charge in [0.1, 0.15) is 6.04 Å². The summed E-state index contributed by atoms with van der Waals surface area (Å²) < 4.78 is 5.34. The maximum atomic E-state index is 12.2. The minimum Gasteiger partial charge on any atom is -0.480 e. The van der Waals surface area contributed by atoms with Crippen molar-refractivity contribution in [2.24, 2.45) is 5.92 Å². The largest absolute Gasteiger partial charge is 0.480 e. The zero-order chi connectivity index (χ0) is 17.6. The zero-order valence-electron chi connectivity index (χ0n) is 13.6. The fraction of sp³-hybridized carbons (Fsp3) is 0.333. The van der Waals surface area contributed by atoms with Crippen molar-refractivity contribution in [1.82, 2.24) is 5.32 Å². The molecule has 2 heterocycles. The molecule has 25 heavy (non-hydrogen) atoms. The summed E-state index contributed by atoms with van der Waals surface area (Å²) in [6.45, 7) is 0.996. The molecule has 1 aromatic heterocycles. The molecule has 3 rings (SSSR count). The molecular formula is C18H20N2O4S. The second-order valence-electron chi connectivity index (χ2n) is 5.95. The van der Waals surface area contributed by atoms with E-state index in [4.69, 9.17) is 4.74 Å². The maximum absolute atomic E-state index is 12.2. The van der Waals surface area contributed by atoms with E-state index in [1.54, 1.807) is 17.4 Å². The van der Waals surface area contributed by atoms with Crippen molar-refractivity contribution >= 4 is 29.0 Å². The third-order valence-corrected chi connectivity index (χ3v) is 5.06. The van der Waals surface area contributed by atoms with Gasteiger partial charge in [-0.1, -0.05) is 18.2 Å². The standard InChI is InChI=1S/C18H20N2O4S/c21-17(22)16(13-5-2-8-24-11-13)20-18(23)19-14-6-1-4-12(10-14)15-7-3-9-25-15/h1,3-4,6-7,9-10,13,16H,2,5,8,11H2,(H,21,22)(H2,19,20,23)/t13-,16+/m1/s1. The number of carboxylic acids is 1. The van der Waals surface area contributed by atoms with Crippen LogP contribution in [0.1, 0.15) is 12.8 Å². The number of thiophene rings is 1. The van der Waals surface area contributed by atoms with Gasteiger partial charge in [0.2, 0.25) is 0 Å². The molecule has 6 nitrogen and oxygen atoms in total. The van der Waals surface area contributed by atoms with Crippen molar-refractivity contribution < 1.29 is 19.4 Å². The van der Waals surface area contributed by atoms with Crippen LogP contribution in [0.2, 0.25) is 0 Å². The number of rotatable bonds is 5. The Kier molecular flexibility index (Phi) is 5.67. The highest BCUT2D eigenvalue weighted by Crippen LogP contribution is 2.26. The number of benzene rings is 1. The highest BCUT2D eigenvalue weighted by Gasteiger charge is 2.31. The van der Waals surface area contributed by atoms with Crippen LogP contribution in [0.15, 0.2) is 41.8 Å². The average Bonchev–Trinajstić information content (AvgIpc) is 3.15. The Morgan fingerprint density at radius 2 is 2.16 bits per heavy atom. The minimum atomic E-state index is -1.04. The van der Waals surface area contributed by atoms with Crippen molar-refractivity contribution in [3.8, 4) is 10.4 Å². The van der Waals surface area contributed by atoms with E-state index < -0.39 is 18.0 Å². The number of carbonyl (C=O) groups is 2. The van der Waals surface area contributed by atoms with Crippen molar-refractivity contribution in [2.75, 3.05) is 18.5 Å². The third-order valence-electron chi connectivity index (χ3n) is 4.15. The number of aliphatic carboxylic acids is 1. The van der Waals surface area contributed by atoms with E-state index in [1.807, 2.05) is 35.7 Å². The monoisotopic (exact) mass is 360 g/mol. The molecule has 1 saturated heterocycles. The summed E-state index contributed by atoms with van der Waals surface area (Å²) in [6, 6.07) is 9.95. The Bertz CT molecular complexity index is 726. The van der Waals surface area contributed by atoms with Crippen LogP contribution >= 0.6 is 11.3 Å². The molecule has 2 amide bonds. The minimum absolute atomic E-state index is 0.213. The molecule has 1 fully saturated rings. The molecule has 0 spiro atoms. The fourth-order valence-corrected chi connectivity index (χ4v) is 3.64. The Balaban J connectivity index is 1.65. The third kappa shape index (κ3) is 4.58. The van der Waals surface area contributed by atoms with Crippen LogP contribution in [0.5, 0.6) is 0 Å². The van der Waals surface area contributed by atoms with Gasteiger partial charge in [0, 0.05) is 23.1 Å². The molecule has 1 aliphatic rings. The summed E-state index contributed by atoms with van der Waals surface area (Å²) >= 11 is 1.62. The summed E-state index contributed by atoms with van der Waals surface area (Å²) in [7, 11) is 0. The average molecular weight is 360 g/mol. The molecule has 7 heteroatoms. The van der Waals surface area contributed by atoms with E-state index in [9.17, 15) is 14.7 Å². The highest BCUT2D eigenvalue weighted by atomic mass is 32.1. The Morgan fingerprint density at radius 3 is 2.84 bits per heavy atom. The molecular weight excluding hydrogens is 340 g/mol. The van der Waals surface area contributed by atoms with E-state index in [2.05, 4.69) is 10.6 Å². The van der Waals surface area contributed by atoms with Crippen LogP contribution in [0, 0.1) is 5.92 Å². The molecule has 1 aliphatic heterocycles.